The van der Waals surface area contributed by atoms with E-state index in [-0.39, 0.29) is 29.0 Å². The van der Waals surface area contributed by atoms with Gasteiger partial charge in [0.2, 0.25) is 5.91 Å². The van der Waals surface area contributed by atoms with Crippen LogP contribution in [0.15, 0.2) is 18.2 Å². The van der Waals surface area contributed by atoms with Crippen molar-refractivity contribution in [3.05, 3.63) is 28.8 Å². The van der Waals surface area contributed by atoms with Gasteiger partial charge in [0.15, 0.2) is 0 Å². The molecule has 3 atom stereocenters. The smallest absolute Gasteiger partial charge is 0.393 e. The summed E-state index contributed by atoms with van der Waals surface area (Å²) in [6, 6.07) is 2.90. The van der Waals surface area contributed by atoms with E-state index in [2.05, 4.69) is 5.32 Å². The minimum Gasteiger partial charge on any atom is -0.460 e. The average molecular weight is 423 g/mol. The van der Waals surface area contributed by atoms with Crippen LogP contribution in [0.2, 0.25) is 5.02 Å². The van der Waals surface area contributed by atoms with Gasteiger partial charge in [-0.15, -0.1) is 0 Å². The predicted octanol–water partition coefficient (Wildman–Crippen LogP) is 4.64. The van der Waals surface area contributed by atoms with Gasteiger partial charge < -0.3 is 15.8 Å². The van der Waals surface area contributed by atoms with Crippen molar-refractivity contribution in [2.45, 2.75) is 64.8 Å². The molecule has 5 nitrogen and oxygen atoms in total. The standard InChI is InChI=1S/C19H26ClF3N2O3/c1-10(8-15(26)28-18(3,4)5)12-6-7-13(20)14(9-12)25-17(27)16(24)11(2)19(21,22)23/h6-7,9-11,16H,8,24H2,1-5H3,(H,25,27)/t10-,11?,16+/m1/s1. The molecule has 0 fully saturated rings. The lowest BCUT2D eigenvalue weighted by atomic mass is 9.97. The van der Waals surface area contributed by atoms with E-state index in [0.29, 0.717) is 5.56 Å². The molecule has 0 aliphatic rings. The highest BCUT2D eigenvalue weighted by atomic mass is 35.5. The number of rotatable bonds is 6. The van der Waals surface area contributed by atoms with Crippen LogP contribution >= 0.6 is 11.6 Å². The Bertz CT molecular complexity index is 717. The highest BCUT2D eigenvalue weighted by molar-refractivity contribution is 6.33. The molecule has 0 saturated heterocycles. The molecule has 0 aromatic heterocycles. The van der Waals surface area contributed by atoms with Crippen LogP contribution in [0.3, 0.4) is 0 Å². The number of alkyl halides is 3. The highest BCUT2D eigenvalue weighted by Gasteiger charge is 2.42. The Hall–Kier alpha value is -1.80. The fourth-order valence-corrected chi connectivity index (χ4v) is 2.51. The summed E-state index contributed by atoms with van der Waals surface area (Å²) in [7, 11) is 0. The van der Waals surface area contributed by atoms with Crippen LogP contribution in [0.25, 0.3) is 0 Å². The second-order valence-corrected chi connectivity index (χ2v) is 8.18. The molecule has 0 heterocycles. The maximum Gasteiger partial charge on any atom is 0.393 e. The third-order valence-electron chi connectivity index (χ3n) is 4.07. The van der Waals surface area contributed by atoms with E-state index >= 15 is 0 Å². The van der Waals surface area contributed by atoms with E-state index in [1.165, 1.54) is 12.1 Å². The Morgan fingerprint density at radius 1 is 1.21 bits per heavy atom. The van der Waals surface area contributed by atoms with Crippen molar-refractivity contribution in [1.29, 1.82) is 0 Å². The number of amides is 1. The molecule has 28 heavy (non-hydrogen) atoms. The van der Waals surface area contributed by atoms with Gasteiger partial charge in [0.25, 0.3) is 0 Å². The zero-order valence-corrected chi connectivity index (χ0v) is 17.2. The molecule has 0 aliphatic heterocycles. The Morgan fingerprint density at radius 2 is 1.79 bits per heavy atom. The Kier molecular flexibility index (Phi) is 7.91. The first-order valence-corrected chi connectivity index (χ1v) is 9.14. The van der Waals surface area contributed by atoms with Crippen molar-refractivity contribution in [3.8, 4) is 0 Å². The summed E-state index contributed by atoms with van der Waals surface area (Å²) in [4.78, 5) is 24.1. The van der Waals surface area contributed by atoms with Crippen molar-refractivity contribution in [1.82, 2.24) is 0 Å². The third kappa shape index (κ3) is 7.31. The lowest BCUT2D eigenvalue weighted by molar-refractivity contribution is -0.176. The van der Waals surface area contributed by atoms with E-state index in [0.717, 1.165) is 6.92 Å². The number of hydrogen-bond donors (Lipinski definition) is 2. The molecule has 1 amide bonds. The van der Waals surface area contributed by atoms with Crippen LogP contribution in [0, 0.1) is 5.92 Å². The van der Waals surface area contributed by atoms with Gasteiger partial charge in [-0.3, -0.25) is 9.59 Å². The molecule has 3 N–H and O–H groups in total. The Labute approximate surface area is 167 Å². The van der Waals surface area contributed by atoms with Crippen LogP contribution in [0.4, 0.5) is 18.9 Å². The van der Waals surface area contributed by atoms with E-state index in [9.17, 15) is 22.8 Å². The summed E-state index contributed by atoms with van der Waals surface area (Å²) in [6.45, 7) is 7.91. The fraction of sp³-hybridized carbons (Fsp3) is 0.579. The SMILES string of the molecule is CC([C@H](N)C(=O)Nc1cc([C@H](C)CC(=O)OC(C)(C)C)ccc1Cl)C(F)(F)F. The zero-order valence-electron chi connectivity index (χ0n) is 16.5. The Balaban J connectivity index is 2.90. The maximum absolute atomic E-state index is 12.8. The minimum atomic E-state index is -4.59. The topological polar surface area (TPSA) is 81.4 Å². The molecular weight excluding hydrogens is 397 g/mol. The summed E-state index contributed by atoms with van der Waals surface area (Å²) in [5, 5.41) is 2.48. The second-order valence-electron chi connectivity index (χ2n) is 7.78. The van der Waals surface area contributed by atoms with Crippen LogP contribution in [0.1, 0.15) is 52.5 Å². The number of carbonyl (C=O) groups is 2. The van der Waals surface area contributed by atoms with Crippen LogP contribution in [-0.4, -0.2) is 29.7 Å². The van der Waals surface area contributed by atoms with Crippen LogP contribution in [0.5, 0.6) is 0 Å². The Morgan fingerprint density at radius 3 is 2.29 bits per heavy atom. The van der Waals surface area contributed by atoms with Gasteiger partial charge in [-0.25, -0.2) is 0 Å². The number of anilines is 1. The molecule has 1 unspecified atom stereocenters. The van der Waals surface area contributed by atoms with Gasteiger partial charge in [-0.2, -0.15) is 13.2 Å². The lowest BCUT2D eigenvalue weighted by Crippen LogP contribution is -2.46. The quantitative estimate of drug-likeness (QED) is 0.654. The number of nitrogens with one attached hydrogen (secondary N) is 1. The van der Waals surface area contributed by atoms with Gasteiger partial charge in [-0.05, 0) is 44.4 Å². The molecule has 0 spiro atoms. The number of halogens is 4. The molecule has 158 valence electrons. The van der Waals surface area contributed by atoms with E-state index < -0.39 is 29.6 Å². The fourth-order valence-electron chi connectivity index (χ4n) is 2.34. The van der Waals surface area contributed by atoms with Crippen LogP contribution < -0.4 is 11.1 Å². The summed E-state index contributed by atoms with van der Waals surface area (Å²) >= 11 is 6.04. The van der Waals surface area contributed by atoms with Crippen LogP contribution in [-0.2, 0) is 14.3 Å². The van der Waals surface area contributed by atoms with Crippen molar-refractivity contribution in [3.63, 3.8) is 0 Å². The van der Waals surface area contributed by atoms with Gasteiger partial charge in [0.1, 0.15) is 5.60 Å². The summed E-state index contributed by atoms with van der Waals surface area (Å²) in [5.41, 5.74) is 5.62. The molecule has 0 aliphatic carbocycles. The lowest BCUT2D eigenvalue weighted by Gasteiger charge is -2.23. The van der Waals surface area contributed by atoms with E-state index in [1.807, 2.05) is 0 Å². The molecule has 1 aromatic carbocycles. The van der Waals surface area contributed by atoms with Gasteiger partial charge >= 0.3 is 12.1 Å². The van der Waals surface area contributed by atoms with E-state index in [4.69, 9.17) is 22.1 Å². The number of hydrogen-bond acceptors (Lipinski definition) is 4. The summed E-state index contributed by atoms with van der Waals surface area (Å²) in [6.07, 6.45) is -4.50. The highest BCUT2D eigenvalue weighted by Crippen LogP contribution is 2.31. The van der Waals surface area contributed by atoms with Gasteiger partial charge in [-0.1, -0.05) is 31.5 Å². The third-order valence-corrected chi connectivity index (χ3v) is 4.40. The number of benzene rings is 1. The molecule has 1 aromatic rings. The number of nitrogens with two attached hydrogens (primary N) is 1. The molecular formula is C19H26ClF3N2O3. The predicted molar refractivity (Wildman–Crippen MR) is 102 cm³/mol. The van der Waals surface area contributed by atoms with Crippen molar-refractivity contribution in [2.24, 2.45) is 11.7 Å². The number of carbonyl (C=O) groups excluding carboxylic acids is 2. The molecule has 0 saturated carbocycles. The van der Waals surface area contributed by atoms with Crippen molar-refractivity contribution in [2.75, 3.05) is 5.32 Å². The molecule has 9 heteroatoms. The first kappa shape index (κ1) is 24.2. The molecule has 1 rings (SSSR count). The van der Waals surface area contributed by atoms with E-state index in [1.54, 1.807) is 33.8 Å². The first-order valence-electron chi connectivity index (χ1n) is 8.76. The second kappa shape index (κ2) is 9.13. The summed E-state index contributed by atoms with van der Waals surface area (Å²) in [5.74, 6) is -3.66. The van der Waals surface area contributed by atoms with Crippen molar-refractivity contribution < 1.29 is 27.5 Å². The minimum absolute atomic E-state index is 0.0942. The molecule has 0 radical (unpaired) electrons. The number of esters is 1. The van der Waals surface area contributed by atoms with Crippen molar-refractivity contribution >= 4 is 29.2 Å². The monoisotopic (exact) mass is 422 g/mol. The summed E-state index contributed by atoms with van der Waals surface area (Å²) < 4.78 is 43.6. The maximum atomic E-state index is 12.8. The number of ether oxygens (including phenoxy) is 1. The largest absolute Gasteiger partial charge is 0.460 e. The first-order chi connectivity index (χ1) is 12.6. The van der Waals surface area contributed by atoms with Gasteiger partial charge in [0.05, 0.1) is 29.1 Å². The van der Waals surface area contributed by atoms with Gasteiger partial charge in [0, 0.05) is 0 Å². The average Bonchev–Trinajstić information content (AvgIpc) is 2.52. The normalized spacial score (nSPS) is 15.5. The molecule has 0 bridgehead atoms. The zero-order chi connectivity index (χ0) is 21.9.